The summed E-state index contributed by atoms with van der Waals surface area (Å²) in [5, 5.41) is 0. The Morgan fingerprint density at radius 2 is 2.33 bits per heavy atom. The zero-order chi connectivity index (χ0) is 8.43. The van der Waals surface area contributed by atoms with E-state index in [4.69, 9.17) is 5.73 Å². The predicted molar refractivity (Wildman–Crippen MR) is 42.0 cm³/mol. The molecule has 0 aliphatic carbocycles. The van der Waals surface area contributed by atoms with Crippen LogP contribution in [-0.4, -0.2) is 15.3 Å². The van der Waals surface area contributed by atoms with Crippen LogP contribution in [0.4, 0.5) is 5.95 Å². The van der Waals surface area contributed by atoms with Crippen molar-refractivity contribution in [2.75, 3.05) is 5.73 Å². The molecule has 1 aromatic rings. The minimum Gasteiger partial charge on any atom is -0.369 e. The van der Waals surface area contributed by atoms with E-state index in [1.54, 1.807) is 17.8 Å². The van der Waals surface area contributed by atoms with Crippen LogP contribution in [0.25, 0.3) is 0 Å². The second kappa shape index (κ2) is 4.72. The summed E-state index contributed by atoms with van der Waals surface area (Å²) in [4.78, 5) is 14.6. The van der Waals surface area contributed by atoms with E-state index in [1.807, 2.05) is 0 Å². The summed E-state index contributed by atoms with van der Waals surface area (Å²) >= 11 is 0. The topological polar surface area (TPSA) is 60.9 Å². The van der Waals surface area contributed by atoms with Crippen molar-refractivity contribution in [2.24, 2.45) is 7.05 Å². The molecule has 12 heavy (non-hydrogen) atoms. The minimum atomic E-state index is 0. The Labute approximate surface area is 96.4 Å². The summed E-state index contributed by atoms with van der Waals surface area (Å²) < 4.78 is 1.69. The minimum absolute atomic E-state index is 0. The van der Waals surface area contributed by atoms with Gasteiger partial charge in [-0.2, -0.15) is 0 Å². The number of Topliss-reactive ketones (excluding diaryl/α,β-unsaturated/α-hetero) is 1. The molecule has 1 aromatic heterocycles. The Morgan fingerprint density at radius 3 is 2.67 bits per heavy atom. The van der Waals surface area contributed by atoms with Crippen LogP contribution in [0, 0.1) is 0 Å². The van der Waals surface area contributed by atoms with Gasteiger partial charge in [0.15, 0.2) is 5.95 Å². The fourth-order valence-electron chi connectivity index (χ4n) is 0.885. The first-order valence-corrected chi connectivity index (χ1v) is 3.36. The second-order valence-electron chi connectivity index (χ2n) is 2.58. The van der Waals surface area contributed by atoms with Crippen LogP contribution in [0.15, 0.2) is 6.20 Å². The first kappa shape index (κ1) is 11.8. The molecule has 0 saturated carbocycles. The van der Waals surface area contributed by atoms with Crippen molar-refractivity contribution >= 4 is 11.7 Å². The fourth-order valence-corrected chi connectivity index (χ4v) is 0.885. The van der Waals surface area contributed by atoms with Gasteiger partial charge in [-0.25, -0.2) is 4.98 Å². The van der Waals surface area contributed by atoms with E-state index in [1.165, 1.54) is 6.92 Å². The number of imidazole rings is 1. The van der Waals surface area contributed by atoms with Gasteiger partial charge < -0.3 is 10.3 Å². The zero-order valence-electron chi connectivity index (χ0n) is 7.24. The molecule has 0 spiro atoms. The summed E-state index contributed by atoms with van der Waals surface area (Å²) in [7, 11) is 1.80. The molecule has 0 aromatic carbocycles. The number of nitrogen functional groups attached to an aromatic ring is 1. The molecule has 63 valence electrons. The van der Waals surface area contributed by atoms with Gasteiger partial charge in [0, 0.05) is 52.4 Å². The Balaban J connectivity index is 0.00000121. The average Bonchev–Trinajstić information content (AvgIpc) is 2.10. The molecule has 0 atom stereocenters. The van der Waals surface area contributed by atoms with Crippen LogP contribution in [0.3, 0.4) is 0 Å². The number of rotatable bonds is 2. The molecule has 0 unspecified atom stereocenters. The number of anilines is 1. The number of hydrogen-bond acceptors (Lipinski definition) is 3. The molecule has 0 saturated heterocycles. The van der Waals surface area contributed by atoms with Gasteiger partial charge in [-0.1, -0.05) is 0 Å². The van der Waals surface area contributed by atoms with Crippen molar-refractivity contribution in [3.63, 3.8) is 0 Å². The molecule has 0 bridgehead atoms. The molecule has 0 aliphatic rings. The quantitative estimate of drug-likeness (QED) is 0.801. The van der Waals surface area contributed by atoms with Crippen LogP contribution >= 0.6 is 0 Å². The molecule has 5 heteroatoms. The maximum absolute atomic E-state index is 10.6. The number of aryl methyl sites for hydroxylation is 1. The summed E-state index contributed by atoms with van der Waals surface area (Å²) in [6, 6.07) is 0. The number of carbonyl (C=O) groups excluding carboxylic acids is 1. The Kier molecular flexibility index (Phi) is 4.64. The maximum Gasteiger partial charge on any atom is 0.200 e. The van der Waals surface area contributed by atoms with Gasteiger partial charge in [-0.3, -0.25) is 4.79 Å². The largest absolute Gasteiger partial charge is 0.369 e. The van der Waals surface area contributed by atoms with E-state index in [2.05, 4.69) is 4.98 Å². The van der Waals surface area contributed by atoms with E-state index in [-0.39, 0.29) is 38.5 Å². The molecular weight excluding hydrogens is 231 g/mol. The normalized spacial score (nSPS) is 9.17. The van der Waals surface area contributed by atoms with E-state index >= 15 is 0 Å². The van der Waals surface area contributed by atoms with Crippen molar-refractivity contribution in [1.29, 1.82) is 0 Å². The third-order valence-corrected chi connectivity index (χ3v) is 1.39. The SMILES string of the molecule is CC(=O)Cc1cn(C)c(N)n1.[Y]. The van der Waals surface area contributed by atoms with Gasteiger partial charge in [0.25, 0.3) is 0 Å². The number of nitrogens with zero attached hydrogens (tertiary/aromatic N) is 2. The molecule has 1 rings (SSSR count). The van der Waals surface area contributed by atoms with Crippen LogP contribution < -0.4 is 5.73 Å². The molecular formula is C7H11N3OY. The maximum atomic E-state index is 10.6. The molecule has 0 amide bonds. The van der Waals surface area contributed by atoms with Crippen LogP contribution in [0.1, 0.15) is 12.6 Å². The van der Waals surface area contributed by atoms with Crippen molar-refractivity contribution in [3.8, 4) is 0 Å². The van der Waals surface area contributed by atoms with Crippen molar-refractivity contribution in [3.05, 3.63) is 11.9 Å². The molecule has 1 radical (unpaired) electrons. The van der Waals surface area contributed by atoms with Gasteiger partial charge in [-0.15, -0.1) is 0 Å². The number of carbonyl (C=O) groups is 1. The number of aromatic nitrogens is 2. The number of nitrogens with two attached hydrogens (primary N) is 1. The van der Waals surface area contributed by atoms with E-state index in [0.29, 0.717) is 12.4 Å². The first-order chi connectivity index (χ1) is 5.09. The summed E-state index contributed by atoms with van der Waals surface area (Å²) in [5.41, 5.74) is 6.19. The Bertz CT molecular complexity index is 263. The van der Waals surface area contributed by atoms with Crippen molar-refractivity contribution in [1.82, 2.24) is 9.55 Å². The smallest absolute Gasteiger partial charge is 0.200 e. The van der Waals surface area contributed by atoms with Gasteiger partial charge in [-0.05, 0) is 6.92 Å². The monoisotopic (exact) mass is 242 g/mol. The third-order valence-electron chi connectivity index (χ3n) is 1.39. The van der Waals surface area contributed by atoms with Crippen LogP contribution in [0.2, 0.25) is 0 Å². The Hall–Kier alpha value is -0.216. The zero-order valence-corrected chi connectivity index (χ0v) is 10.1. The van der Waals surface area contributed by atoms with E-state index in [0.717, 1.165) is 5.69 Å². The van der Waals surface area contributed by atoms with Crippen molar-refractivity contribution in [2.45, 2.75) is 13.3 Å². The summed E-state index contributed by atoms with van der Waals surface area (Å²) in [5.74, 6) is 0.546. The van der Waals surface area contributed by atoms with Crippen LogP contribution in [-0.2, 0) is 51.0 Å². The number of hydrogen-bond donors (Lipinski definition) is 1. The van der Waals surface area contributed by atoms with E-state index in [9.17, 15) is 4.79 Å². The van der Waals surface area contributed by atoms with Gasteiger partial charge in [0.05, 0.1) is 5.69 Å². The fraction of sp³-hybridized carbons (Fsp3) is 0.429. The molecule has 4 nitrogen and oxygen atoms in total. The second-order valence-corrected chi connectivity index (χ2v) is 2.58. The van der Waals surface area contributed by atoms with Crippen molar-refractivity contribution < 1.29 is 37.5 Å². The predicted octanol–water partition coefficient (Wildman–Crippen LogP) is 0.131. The van der Waals surface area contributed by atoms with Gasteiger partial charge >= 0.3 is 0 Å². The first-order valence-electron chi connectivity index (χ1n) is 3.36. The van der Waals surface area contributed by atoms with Gasteiger partial charge in [0.1, 0.15) is 5.78 Å². The standard InChI is InChI=1S/C7H11N3O.Y/c1-5(11)3-6-4-10(2)7(8)9-6;/h4H,3H2,1-2H3,(H2,8,9);. The number of ketones is 1. The summed E-state index contributed by atoms with van der Waals surface area (Å²) in [6.07, 6.45) is 2.13. The molecule has 1 heterocycles. The summed E-state index contributed by atoms with van der Waals surface area (Å²) in [6.45, 7) is 1.53. The average molecular weight is 242 g/mol. The molecule has 0 aliphatic heterocycles. The third kappa shape index (κ3) is 3.03. The molecule has 0 fully saturated rings. The van der Waals surface area contributed by atoms with E-state index < -0.39 is 0 Å². The Morgan fingerprint density at radius 1 is 1.75 bits per heavy atom. The van der Waals surface area contributed by atoms with Crippen LogP contribution in [0.5, 0.6) is 0 Å². The van der Waals surface area contributed by atoms with Gasteiger partial charge in [0.2, 0.25) is 0 Å². The molecule has 2 N–H and O–H groups in total.